The van der Waals surface area contributed by atoms with Crippen LogP contribution in [0.5, 0.6) is 11.5 Å². The van der Waals surface area contributed by atoms with E-state index in [0.717, 1.165) is 11.1 Å². The first kappa shape index (κ1) is 23.3. The zero-order valence-electron chi connectivity index (χ0n) is 18.8. The Balaban J connectivity index is 2.28. The Morgan fingerprint density at radius 3 is 2.41 bits per heavy atom. The third-order valence-corrected chi connectivity index (χ3v) is 4.79. The highest BCUT2D eigenvalue weighted by atomic mass is 16.7. The molecule has 3 rings (SSSR count). The van der Waals surface area contributed by atoms with E-state index in [1.807, 2.05) is 56.3 Å². The molecule has 0 saturated carbocycles. The van der Waals surface area contributed by atoms with Gasteiger partial charge in [-0.1, -0.05) is 48.5 Å². The van der Waals surface area contributed by atoms with Gasteiger partial charge in [-0.2, -0.15) is 0 Å². The average molecular weight is 437 g/mol. The van der Waals surface area contributed by atoms with Crippen LogP contribution in [-0.4, -0.2) is 38.4 Å². The zero-order valence-corrected chi connectivity index (χ0v) is 18.8. The van der Waals surface area contributed by atoms with Crippen molar-refractivity contribution in [1.82, 2.24) is 0 Å². The van der Waals surface area contributed by atoms with E-state index in [4.69, 9.17) is 18.9 Å². The van der Waals surface area contributed by atoms with Crippen molar-refractivity contribution >= 4 is 22.5 Å². The van der Waals surface area contributed by atoms with Crippen molar-refractivity contribution in [2.45, 2.75) is 33.3 Å². The van der Waals surface area contributed by atoms with Gasteiger partial charge in [0.15, 0.2) is 18.3 Å². The van der Waals surface area contributed by atoms with Crippen LogP contribution in [0, 0.1) is 0 Å². The molecule has 0 aliphatic rings. The van der Waals surface area contributed by atoms with Gasteiger partial charge in [0.05, 0.1) is 12.7 Å². The van der Waals surface area contributed by atoms with E-state index in [1.165, 1.54) is 7.11 Å². The topological polar surface area (TPSA) is 71.1 Å². The summed E-state index contributed by atoms with van der Waals surface area (Å²) in [6, 6.07) is 17.2. The molecule has 0 atom stereocenters. The molecule has 0 radical (unpaired) electrons. The predicted octanol–water partition coefficient (Wildman–Crippen LogP) is 4.95. The standard InChI is InChI=1S/C26H28O6/c1-5-30-26(28)24(27)21-15-22(32-17(2)3)25(31-16-29-4)23-19(12-9-13-20(21)23)14-18-10-7-6-8-11-18/h6-13,15,17H,5,14,16H2,1-4H3. The van der Waals surface area contributed by atoms with Gasteiger partial charge in [0.1, 0.15) is 0 Å². The molecule has 0 unspecified atom stereocenters. The second-order valence-electron chi connectivity index (χ2n) is 7.52. The largest absolute Gasteiger partial charge is 0.487 e. The molecule has 0 bridgehead atoms. The molecule has 0 aromatic heterocycles. The van der Waals surface area contributed by atoms with Gasteiger partial charge in [-0.15, -0.1) is 0 Å². The van der Waals surface area contributed by atoms with Gasteiger partial charge in [-0.25, -0.2) is 4.79 Å². The second-order valence-corrected chi connectivity index (χ2v) is 7.52. The first-order valence-electron chi connectivity index (χ1n) is 10.6. The summed E-state index contributed by atoms with van der Waals surface area (Å²) in [5.74, 6) is -0.774. The van der Waals surface area contributed by atoms with E-state index in [-0.39, 0.29) is 25.1 Å². The minimum Gasteiger partial charge on any atom is -0.487 e. The number of ketones is 1. The highest BCUT2D eigenvalue weighted by molar-refractivity contribution is 6.43. The maximum atomic E-state index is 13.0. The van der Waals surface area contributed by atoms with Gasteiger partial charge in [0, 0.05) is 18.1 Å². The van der Waals surface area contributed by atoms with E-state index in [2.05, 4.69) is 0 Å². The predicted molar refractivity (Wildman–Crippen MR) is 122 cm³/mol. The molecular weight excluding hydrogens is 408 g/mol. The maximum absolute atomic E-state index is 13.0. The highest BCUT2D eigenvalue weighted by Gasteiger charge is 2.26. The van der Waals surface area contributed by atoms with Crippen LogP contribution < -0.4 is 9.47 Å². The number of hydrogen-bond donors (Lipinski definition) is 0. The van der Waals surface area contributed by atoms with Crippen LogP contribution in [0.3, 0.4) is 0 Å². The Labute approximate surface area is 188 Å². The van der Waals surface area contributed by atoms with Crippen LogP contribution in [0.15, 0.2) is 54.6 Å². The van der Waals surface area contributed by atoms with E-state index in [9.17, 15) is 9.59 Å². The first-order chi connectivity index (χ1) is 15.5. The Bertz CT molecular complexity index is 1090. The SMILES string of the molecule is CCOC(=O)C(=O)c1cc(OC(C)C)c(OCOC)c2c(Cc3ccccc3)cccc12. The molecule has 6 nitrogen and oxygen atoms in total. The number of ether oxygens (including phenoxy) is 4. The molecule has 3 aromatic rings. The molecule has 0 aliphatic heterocycles. The van der Waals surface area contributed by atoms with Crippen LogP contribution in [0.2, 0.25) is 0 Å². The summed E-state index contributed by atoms with van der Waals surface area (Å²) in [6.07, 6.45) is 0.434. The molecule has 0 heterocycles. The molecule has 32 heavy (non-hydrogen) atoms. The fourth-order valence-electron chi connectivity index (χ4n) is 3.55. The summed E-state index contributed by atoms with van der Waals surface area (Å²) < 4.78 is 22.1. The lowest BCUT2D eigenvalue weighted by Gasteiger charge is -2.20. The fourth-order valence-corrected chi connectivity index (χ4v) is 3.55. The molecular formula is C26H28O6. The van der Waals surface area contributed by atoms with Crippen molar-refractivity contribution < 1.29 is 28.5 Å². The lowest BCUT2D eigenvalue weighted by atomic mass is 9.93. The summed E-state index contributed by atoms with van der Waals surface area (Å²) in [6.45, 7) is 5.55. The summed E-state index contributed by atoms with van der Waals surface area (Å²) in [5, 5.41) is 1.30. The molecule has 0 fully saturated rings. The minimum atomic E-state index is -0.900. The second kappa shape index (κ2) is 10.8. The Kier molecular flexibility index (Phi) is 7.84. The van der Waals surface area contributed by atoms with Gasteiger partial charge >= 0.3 is 5.97 Å². The van der Waals surface area contributed by atoms with Crippen LogP contribution in [0.4, 0.5) is 0 Å². The summed E-state index contributed by atoms with van der Waals surface area (Å²) >= 11 is 0. The quantitative estimate of drug-likeness (QED) is 0.194. The number of benzene rings is 3. The third-order valence-electron chi connectivity index (χ3n) is 4.79. The van der Waals surface area contributed by atoms with Crippen molar-refractivity contribution in [2.24, 2.45) is 0 Å². The molecule has 0 aliphatic carbocycles. The Hall–Kier alpha value is -3.38. The monoisotopic (exact) mass is 436 g/mol. The number of fused-ring (bicyclic) bond motifs is 1. The summed E-state index contributed by atoms with van der Waals surface area (Å²) in [5.41, 5.74) is 2.26. The van der Waals surface area contributed by atoms with Crippen molar-refractivity contribution in [2.75, 3.05) is 20.5 Å². The zero-order chi connectivity index (χ0) is 23.1. The van der Waals surface area contributed by atoms with Gasteiger partial charge in [0.25, 0.3) is 5.78 Å². The van der Waals surface area contributed by atoms with Crippen molar-refractivity contribution in [3.8, 4) is 11.5 Å². The van der Waals surface area contributed by atoms with E-state index < -0.39 is 11.8 Å². The van der Waals surface area contributed by atoms with Crippen LogP contribution in [-0.2, 0) is 20.7 Å². The summed E-state index contributed by atoms with van der Waals surface area (Å²) in [7, 11) is 1.54. The number of esters is 1. The van der Waals surface area contributed by atoms with Crippen LogP contribution in [0.25, 0.3) is 10.8 Å². The molecule has 168 valence electrons. The summed E-state index contributed by atoms with van der Waals surface area (Å²) in [4.78, 5) is 25.3. The lowest BCUT2D eigenvalue weighted by Crippen LogP contribution is -2.19. The number of rotatable bonds is 10. The molecule has 3 aromatic carbocycles. The molecule has 0 spiro atoms. The van der Waals surface area contributed by atoms with Gasteiger partial charge in [-0.3, -0.25) is 4.79 Å². The average Bonchev–Trinajstić information content (AvgIpc) is 2.78. The highest BCUT2D eigenvalue weighted by Crippen LogP contribution is 2.41. The number of carbonyl (C=O) groups excluding carboxylic acids is 2. The van der Waals surface area contributed by atoms with Gasteiger partial charge in [-0.05, 0) is 49.8 Å². The van der Waals surface area contributed by atoms with E-state index in [1.54, 1.807) is 19.1 Å². The minimum absolute atomic E-state index is 0.00833. The normalized spacial score (nSPS) is 10.9. The Morgan fingerprint density at radius 1 is 1.00 bits per heavy atom. The van der Waals surface area contributed by atoms with Gasteiger partial charge < -0.3 is 18.9 Å². The third kappa shape index (κ3) is 5.26. The van der Waals surface area contributed by atoms with Crippen LogP contribution >= 0.6 is 0 Å². The number of Topliss-reactive ketones (excluding diaryl/α,β-unsaturated/α-hetero) is 1. The van der Waals surface area contributed by atoms with Crippen molar-refractivity contribution in [3.05, 3.63) is 71.3 Å². The van der Waals surface area contributed by atoms with Crippen molar-refractivity contribution in [1.29, 1.82) is 0 Å². The molecule has 0 N–H and O–H groups in total. The van der Waals surface area contributed by atoms with Crippen molar-refractivity contribution in [3.63, 3.8) is 0 Å². The van der Waals surface area contributed by atoms with Gasteiger partial charge in [0.2, 0.25) is 0 Å². The first-order valence-corrected chi connectivity index (χ1v) is 10.6. The van der Waals surface area contributed by atoms with E-state index in [0.29, 0.717) is 28.7 Å². The number of methoxy groups -OCH3 is 1. The maximum Gasteiger partial charge on any atom is 0.379 e. The van der Waals surface area contributed by atoms with Crippen LogP contribution in [0.1, 0.15) is 42.3 Å². The smallest absolute Gasteiger partial charge is 0.379 e. The lowest BCUT2D eigenvalue weighted by molar-refractivity contribution is -0.137. The molecule has 6 heteroatoms. The number of carbonyl (C=O) groups is 2. The molecule has 0 saturated heterocycles. The van der Waals surface area contributed by atoms with E-state index >= 15 is 0 Å². The Morgan fingerprint density at radius 2 is 1.75 bits per heavy atom. The fraction of sp³-hybridized carbons (Fsp3) is 0.308. The molecule has 0 amide bonds. The number of hydrogen-bond acceptors (Lipinski definition) is 6.